The minimum absolute atomic E-state index is 0.424. The molecule has 0 N–H and O–H groups in total. The quantitative estimate of drug-likeness (QED) is 0.493. The van der Waals surface area contributed by atoms with Crippen LogP contribution >= 0.6 is 0 Å². The third-order valence-electron chi connectivity index (χ3n) is 4.30. The van der Waals surface area contributed by atoms with Crippen LogP contribution in [0.4, 0.5) is 0 Å². The van der Waals surface area contributed by atoms with Crippen molar-refractivity contribution < 1.29 is 9.26 Å². The highest BCUT2D eigenvalue weighted by Crippen LogP contribution is 2.43. The third-order valence-corrected chi connectivity index (χ3v) is 4.30. The Morgan fingerprint density at radius 3 is 2.61 bits per heavy atom. The van der Waals surface area contributed by atoms with Gasteiger partial charge >= 0.3 is 0 Å². The number of fused-ring (bicyclic) bond motifs is 4. The zero-order chi connectivity index (χ0) is 15.2. The summed E-state index contributed by atoms with van der Waals surface area (Å²) in [6.07, 6.45) is 0. The molecule has 1 aliphatic heterocycles. The molecule has 3 aromatic carbocycles. The number of ether oxygens (including phenoxy) is 1. The summed E-state index contributed by atoms with van der Waals surface area (Å²) in [4.78, 5) is 0. The number of aromatic nitrogens is 1. The first kappa shape index (κ1) is 12.5. The minimum atomic E-state index is 0.424. The van der Waals surface area contributed by atoms with Gasteiger partial charge in [-0.1, -0.05) is 59.8 Å². The Hall–Kier alpha value is -3.07. The van der Waals surface area contributed by atoms with Crippen molar-refractivity contribution in [3.63, 3.8) is 0 Å². The first-order valence-electron chi connectivity index (χ1n) is 7.60. The molecule has 1 aromatic heterocycles. The lowest BCUT2D eigenvalue weighted by Crippen LogP contribution is -2.03. The van der Waals surface area contributed by atoms with Crippen molar-refractivity contribution >= 4 is 10.8 Å². The summed E-state index contributed by atoms with van der Waals surface area (Å²) < 4.78 is 11.3. The molecule has 0 saturated heterocycles. The Morgan fingerprint density at radius 2 is 1.65 bits per heavy atom. The van der Waals surface area contributed by atoms with Crippen LogP contribution in [0.2, 0.25) is 0 Å². The van der Waals surface area contributed by atoms with Crippen molar-refractivity contribution in [1.82, 2.24) is 5.16 Å². The maximum absolute atomic E-state index is 5.74. The second kappa shape index (κ2) is 4.71. The molecule has 110 valence electrons. The van der Waals surface area contributed by atoms with E-state index < -0.39 is 0 Å². The van der Waals surface area contributed by atoms with Crippen LogP contribution in [-0.4, -0.2) is 5.16 Å². The molecule has 0 aliphatic carbocycles. The van der Waals surface area contributed by atoms with E-state index in [0.29, 0.717) is 6.61 Å². The van der Waals surface area contributed by atoms with Crippen LogP contribution in [0.1, 0.15) is 5.76 Å². The highest BCUT2D eigenvalue weighted by atomic mass is 16.5. The summed E-state index contributed by atoms with van der Waals surface area (Å²) in [6.45, 7) is 0.424. The van der Waals surface area contributed by atoms with E-state index in [1.807, 2.05) is 30.3 Å². The fourth-order valence-corrected chi connectivity index (χ4v) is 3.18. The molecular formula is C20H13NO2. The predicted molar refractivity (Wildman–Crippen MR) is 89.2 cm³/mol. The Labute approximate surface area is 133 Å². The molecule has 0 radical (unpaired) electrons. The second-order valence-corrected chi connectivity index (χ2v) is 5.68. The van der Waals surface area contributed by atoms with Gasteiger partial charge in [-0.2, -0.15) is 0 Å². The molecule has 5 rings (SSSR count). The molecule has 3 nitrogen and oxygen atoms in total. The van der Waals surface area contributed by atoms with E-state index in [1.165, 1.54) is 10.8 Å². The summed E-state index contributed by atoms with van der Waals surface area (Å²) in [5.41, 5.74) is 4.02. The van der Waals surface area contributed by atoms with Gasteiger partial charge in [-0.25, -0.2) is 0 Å². The highest BCUT2D eigenvalue weighted by Gasteiger charge is 2.26. The van der Waals surface area contributed by atoms with Gasteiger partial charge in [-0.3, -0.25) is 0 Å². The normalized spacial score (nSPS) is 12.5. The largest absolute Gasteiger partial charge is 0.485 e. The van der Waals surface area contributed by atoms with Gasteiger partial charge in [0, 0.05) is 11.1 Å². The molecule has 0 amide bonds. The molecule has 23 heavy (non-hydrogen) atoms. The lowest BCUT2D eigenvalue weighted by atomic mass is 9.96. The number of para-hydroxylation sites is 1. The van der Waals surface area contributed by atoms with Gasteiger partial charge in [0.15, 0.2) is 5.76 Å². The van der Waals surface area contributed by atoms with Crippen LogP contribution in [0.5, 0.6) is 5.75 Å². The monoisotopic (exact) mass is 299 g/mol. The smallest absolute Gasteiger partial charge is 0.182 e. The predicted octanol–water partition coefficient (Wildman–Crippen LogP) is 5.05. The zero-order valence-corrected chi connectivity index (χ0v) is 12.3. The SMILES string of the molecule is c1ccc2c(c1)OCc1onc(-c3ccc4ccccc4c3)c1-2. The number of hydrogen-bond donors (Lipinski definition) is 0. The molecule has 0 spiro atoms. The molecule has 0 bridgehead atoms. The molecule has 0 saturated carbocycles. The first-order chi connectivity index (χ1) is 11.4. The van der Waals surface area contributed by atoms with E-state index >= 15 is 0 Å². The Balaban J connectivity index is 1.75. The second-order valence-electron chi connectivity index (χ2n) is 5.68. The van der Waals surface area contributed by atoms with Crippen molar-refractivity contribution in [1.29, 1.82) is 0 Å². The zero-order valence-electron chi connectivity index (χ0n) is 12.3. The molecule has 0 unspecified atom stereocenters. The fraction of sp³-hybridized carbons (Fsp3) is 0.0500. The lowest BCUT2D eigenvalue weighted by Gasteiger charge is -2.16. The van der Waals surface area contributed by atoms with Gasteiger partial charge in [0.2, 0.25) is 0 Å². The van der Waals surface area contributed by atoms with E-state index in [-0.39, 0.29) is 0 Å². The Morgan fingerprint density at radius 1 is 0.826 bits per heavy atom. The molecule has 4 aromatic rings. The van der Waals surface area contributed by atoms with Gasteiger partial charge in [-0.15, -0.1) is 0 Å². The summed E-state index contributed by atoms with van der Waals surface area (Å²) in [7, 11) is 0. The van der Waals surface area contributed by atoms with Gasteiger partial charge in [0.05, 0.1) is 5.56 Å². The van der Waals surface area contributed by atoms with E-state index in [9.17, 15) is 0 Å². The van der Waals surface area contributed by atoms with E-state index in [0.717, 1.165) is 33.9 Å². The summed E-state index contributed by atoms with van der Waals surface area (Å²) in [6, 6.07) is 22.7. The van der Waals surface area contributed by atoms with Crippen LogP contribution in [-0.2, 0) is 6.61 Å². The highest BCUT2D eigenvalue weighted by molar-refractivity contribution is 5.91. The molecule has 1 aliphatic rings. The minimum Gasteiger partial charge on any atom is -0.485 e. The Bertz CT molecular complexity index is 1030. The van der Waals surface area contributed by atoms with Gasteiger partial charge in [-0.05, 0) is 22.9 Å². The maximum atomic E-state index is 5.74. The molecule has 3 heteroatoms. The van der Waals surface area contributed by atoms with Crippen LogP contribution in [0, 0.1) is 0 Å². The third kappa shape index (κ3) is 1.87. The van der Waals surface area contributed by atoms with E-state index in [2.05, 4.69) is 41.6 Å². The van der Waals surface area contributed by atoms with Gasteiger partial charge < -0.3 is 9.26 Å². The summed E-state index contributed by atoms with van der Waals surface area (Å²) in [5, 5.41) is 6.73. The van der Waals surface area contributed by atoms with Crippen LogP contribution in [0.3, 0.4) is 0 Å². The lowest BCUT2D eigenvalue weighted by molar-refractivity contribution is 0.246. The van der Waals surface area contributed by atoms with E-state index in [4.69, 9.17) is 9.26 Å². The molecule has 0 fully saturated rings. The van der Waals surface area contributed by atoms with Crippen molar-refractivity contribution in [3.8, 4) is 28.1 Å². The molecular weight excluding hydrogens is 286 g/mol. The fourth-order valence-electron chi connectivity index (χ4n) is 3.18. The number of hydrogen-bond acceptors (Lipinski definition) is 3. The van der Waals surface area contributed by atoms with Crippen LogP contribution in [0.25, 0.3) is 33.2 Å². The van der Waals surface area contributed by atoms with Crippen molar-refractivity contribution in [2.24, 2.45) is 0 Å². The average Bonchev–Trinajstić information content (AvgIpc) is 3.06. The number of nitrogens with zero attached hydrogens (tertiary/aromatic N) is 1. The first-order valence-corrected chi connectivity index (χ1v) is 7.60. The van der Waals surface area contributed by atoms with Crippen molar-refractivity contribution in [2.45, 2.75) is 6.61 Å². The van der Waals surface area contributed by atoms with Crippen molar-refractivity contribution in [2.75, 3.05) is 0 Å². The average molecular weight is 299 g/mol. The van der Waals surface area contributed by atoms with E-state index in [1.54, 1.807) is 0 Å². The van der Waals surface area contributed by atoms with Crippen LogP contribution < -0.4 is 4.74 Å². The topological polar surface area (TPSA) is 35.3 Å². The Kier molecular flexibility index (Phi) is 2.56. The molecule has 0 atom stereocenters. The van der Waals surface area contributed by atoms with Gasteiger partial charge in [0.1, 0.15) is 18.1 Å². The standard InChI is InChI=1S/C20H13NO2/c1-2-6-14-11-15(10-9-13(14)5-1)20-19-16-7-3-4-8-17(16)22-12-18(19)23-21-20/h1-11H,12H2. The maximum Gasteiger partial charge on any atom is 0.182 e. The number of rotatable bonds is 1. The van der Waals surface area contributed by atoms with Gasteiger partial charge in [0.25, 0.3) is 0 Å². The molecule has 2 heterocycles. The van der Waals surface area contributed by atoms with Crippen LogP contribution in [0.15, 0.2) is 71.3 Å². The number of benzene rings is 3. The summed E-state index contributed by atoms with van der Waals surface area (Å²) >= 11 is 0. The summed E-state index contributed by atoms with van der Waals surface area (Å²) in [5.74, 6) is 1.66. The van der Waals surface area contributed by atoms with Crippen molar-refractivity contribution in [3.05, 3.63) is 72.5 Å².